The Balaban J connectivity index is 2.67. The lowest BCUT2D eigenvalue weighted by Gasteiger charge is -2.11. The van der Waals surface area contributed by atoms with E-state index in [4.69, 9.17) is 15.2 Å². The van der Waals surface area contributed by atoms with Crippen LogP contribution in [0, 0.1) is 0 Å². The molecule has 0 radical (unpaired) electrons. The number of aryl methyl sites for hydroxylation is 1. The zero-order valence-electron chi connectivity index (χ0n) is 10.3. The van der Waals surface area contributed by atoms with Crippen LogP contribution in [0.2, 0.25) is 0 Å². The van der Waals surface area contributed by atoms with Crippen LogP contribution in [0.15, 0.2) is 18.2 Å². The first kappa shape index (κ1) is 12.8. The van der Waals surface area contributed by atoms with Gasteiger partial charge in [0.25, 0.3) is 0 Å². The Morgan fingerprint density at radius 2 is 1.88 bits per heavy atom. The van der Waals surface area contributed by atoms with E-state index in [0.717, 1.165) is 30.8 Å². The monoisotopic (exact) mass is 223 g/mol. The van der Waals surface area contributed by atoms with E-state index >= 15 is 0 Å². The van der Waals surface area contributed by atoms with Gasteiger partial charge in [-0.15, -0.1) is 0 Å². The molecule has 0 aliphatic rings. The third kappa shape index (κ3) is 3.42. The topological polar surface area (TPSA) is 44.5 Å². The second-order valence-corrected chi connectivity index (χ2v) is 3.90. The van der Waals surface area contributed by atoms with Gasteiger partial charge >= 0.3 is 0 Å². The number of benzene rings is 1. The quantitative estimate of drug-likeness (QED) is 0.805. The zero-order valence-corrected chi connectivity index (χ0v) is 10.3. The van der Waals surface area contributed by atoms with Gasteiger partial charge in [-0.2, -0.15) is 0 Å². The van der Waals surface area contributed by atoms with Crippen molar-refractivity contribution in [2.45, 2.75) is 32.2 Å². The van der Waals surface area contributed by atoms with Crippen LogP contribution in [0.4, 0.5) is 0 Å². The molecule has 0 fully saturated rings. The number of ether oxygens (including phenoxy) is 2. The molecule has 1 aromatic rings. The summed E-state index contributed by atoms with van der Waals surface area (Å²) in [6.07, 6.45) is 3.01. The van der Waals surface area contributed by atoms with Crippen molar-refractivity contribution in [1.82, 2.24) is 0 Å². The first-order valence-electron chi connectivity index (χ1n) is 5.67. The summed E-state index contributed by atoms with van der Waals surface area (Å²) >= 11 is 0. The molecule has 1 unspecified atom stereocenters. The van der Waals surface area contributed by atoms with Gasteiger partial charge in [-0.3, -0.25) is 0 Å². The Hall–Kier alpha value is -1.22. The fourth-order valence-corrected chi connectivity index (χ4v) is 1.59. The smallest absolute Gasteiger partial charge is 0.160 e. The summed E-state index contributed by atoms with van der Waals surface area (Å²) in [7, 11) is 3.30. The number of hydrogen-bond donors (Lipinski definition) is 1. The molecule has 0 aromatic heterocycles. The molecule has 1 rings (SSSR count). The van der Waals surface area contributed by atoms with Crippen LogP contribution in [-0.2, 0) is 6.42 Å². The predicted molar refractivity (Wildman–Crippen MR) is 66.1 cm³/mol. The molecular weight excluding hydrogens is 202 g/mol. The summed E-state index contributed by atoms with van der Waals surface area (Å²) in [6, 6.07) is 6.30. The Bertz CT molecular complexity index is 326. The molecule has 0 bridgehead atoms. The SMILES string of the molecule is CCC(N)CCc1ccc(OC)c(OC)c1. The molecule has 0 spiro atoms. The lowest BCUT2D eigenvalue weighted by atomic mass is 10.0. The minimum absolute atomic E-state index is 0.285. The number of rotatable bonds is 6. The third-order valence-electron chi connectivity index (χ3n) is 2.78. The van der Waals surface area contributed by atoms with E-state index in [1.165, 1.54) is 5.56 Å². The molecule has 1 atom stereocenters. The van der Waals surface area contributed by atoms with Gasteiger partial charge in [0.15, 0.2) is 11.5 Å². The van der Waals surface area contributed by atoms with Crippen molar-refractivity contribution in [3.05, 3.63) is 23.8 Å². The van der Waals surface area contributed by atoms with E-state index in [9.17, 15) is 0 Å². The van der Waals surface area contributed by atoms with Crippen molar-refractivity contribution in [2.24, 2.45) is 5.73 Å². The van der Waals surface area contributed by atoms with E-state index in [0.29, 0.717) is 0 Å². The Morgan fingerprint density at radius 3 is 2.44 bits per heavy atom. The van der Waals surface area contributed by atoms with Gasteiger partial charge in [0.05, 0.1) is 14.2 Å². The highest BCUT2D eigenvalue weighted by Gasteiger charge is 2.05. The highest BCUT2D eigenvalue weighted by Crippen LogP contribution is 2.28. The number of nitrogens with two attached hydrogens (primary N) is 1. The molecule has 0 heterocycles. The predicted octanol–water partition coefficient (Wildman–Crippen LogP) is 2.37. The van der Waals surface area contributed by atoms with Crippen LogP contribution < -0.4 is 15.2 Å². The van der Waals surface area contributed by atoms with E-state index < -0.39 is 0 Å². The maximum absolute atomic E-state index is 5.89. The summed E-state index contributed by atoms with van der Waals surface area (Å²) in [6.45, 7) is 2.11. The average Bonchev–Trinajstić information content (AvgIpc) is 2.35. The lowest BCUT2D eigenvalue weighted by Crippen LogP contribution is -2.19. The second-order valence-electron chi connectivity index (χ2n) is 3.90. The third-order valence-corrected chi connectivity index (χ3v) is 2.78. The van der Waals surface area contributed by atoms with Crippen LogP contribution in [0.25, 0.3) is 0 Å². The second kappa shape index (κ2) is 6.38. The number of hydrogen-bond acceptors (Lipinski definition) is 3. The van der Waals surface area contributed by atoms with Gasteiger partial charge in [-0.1, -0.05) is 13.0 Å². The largest absolute Gasteiger partial charge is 0.493 e. The highest BCUT2D eigenvalue weighted by atomic mass is 16.5. The Labute approximate surface area is 97.6 Å². The highest BCUT2D eigenvalue weighted by molar-refractivity contribution is 5.42. The van der Waals surface area contributed by atoms with E-state index in [-0.39, 0.29) is 6.04 Å². The summed E-state index contributed by atoms with van der Waals surface area (Å²) in [5.74, 6) is 1.55. The molecule has 1 aromatic carbocycles. The maximum Gasteiger partial charge on any atom is 0.160 e. The van der Waals surface area contributed by atoms with Crippen LogP contribution >= 0.6 is 0 Å². The van der Waals surface area contributed by atoms with Crippen molar-refractivity contribution >= 4 is 0 Å². The summed E-state index contributed by atoms with van der Waals surface area (Å²) < 4.78 is 10.4. The normalized spacial score (nSPS) is 12.2. The molecule has 16 heavy (non-hydrogen) atoms. The average molecular weight is 223 g/mol. The molecule has 3 heteroatoms. The van der Waals surface area contributed by atoms with Gasteiger partial charge in [-0.25, -0.2) is 0 Å². The van der Waals surface area contributed by atoms with Crippen molar-refractivity contribution in [3.8, 4) is 11.5 Å². The molecule has 0 aliphatic carbocycles. The van der Waals surface area contributed by atoms with Crippen molar-refractivity contribution in [3.63, 3.8) is 0 Å². The maximum atomic E-state index is 5.89. The van der Waals surface area contributed by atoms with Gasteiger partial charge in [0, 0.05) is 6.04 Å². The molecule has 0 saturated heterocycles. The van der Waals surface area contributed by atoms with E-state index in [1.54, 1.807) is 14.2 Å². The lowest BCUT2D eigenvalue weighted by molar-refractivity contribution is 0.354. The summed E-state index contributed by atoms with van der Waals surface area (Å²) in [4.78, 5) is 0. The zero-order chi connectivity index (χ0) is 12.0. The van der Waals surface area contributed by atoms with Crippen molar-refractivity contribution in [2.75, 3.05) is 14.2 Å². The van der Waals surface area contributed by atoms with E-state index in [1.807, 2.05) is 12.1 Å². The van der Waals surface area contributed by atoms with Gasteiger partial charge in [0.2, 0.25) is 0 Å². The standard InChI is InChI=1S/C13H21NO2/c1-4-11(14)7-5-10-6-8-12(15-2)13(9-10)16-3/h6,8-9,11H,4-5,7,14H2,1-3H3. The summed E-state index contributed by atoms with van der Waals surface area (Å²) in [5.41, 5.74) is 7.13. The van der Waals surface area contributed by atoms with Gasteiger partial charge < -0.3 is 15.2 Å². The fraction of sp³-hybridized carbons (Fsp3) is 0.538. The minimum Gasteiger partial charge on any atom is -0.493 e. The fourth-order valence-electron chi connectivity index (χ4n) is 1.59. The molecule has 3 nitrogen and oxygen atoms in total. The van der Waals surface area contributed by atoms with Crippen LogP contribution in [0.3, 0.4) is 0 Å². The Kier molecular flexibility index (Phi) is 5.12. The number of methoxy groups -OCH3 is 2. The minimum atomic E-state index is 0.285. The molecule has 2 N–H and O–H groups in total. The van der Waals surface area contributed by atoms with Crippen LogP contribution in [0.5, 0.6) is 11.5 Å². The van der Waals surface area contributed by atoms with Crippen LogP contribution in [0.1, 0.15) is 25.3 Å². The van der Waals surface area contributed by atoms with Crippen LogP contribution in [-0.4, -0.2) is 20.3 Å². The van der Waals surface area contributed by atoms with Gasteiger partial charge in [0.1, 0.15) is 0 Å². The summed E-state index contributed by atoms with van der Waals surface area (Å²) in [5, 5.41) is 0. The van der Waals surface area contributed by atoms with E-state index in [2.05, 4.69) is 13.0 Å². The van der Waals surface area contributed by atoms with Crippen molar-refractivity contribution in [1.29, 1.82) is 0 Å². The first-order chi connectivity index (χ1) is 7.71. The van der Waals surface area contributed by atoms with Crippen molar-refractivity contribution < 1.29 is 9.47 Å². The van der Waals surface area contributed by atoms with Gasteiger partial charge in [-0.05, 0) is 37.0 Å². The molecular formula is C13H21NO2. The molecule has 0 amide bonds. The molecule has 90 valence electrons. The first-order valence-corrected chi connectivity index (χ1v) is 5.67. The Morgan fingerprint density at radius 1 is 1.19 bits per heavy atom. The molecule has 0 aliphatic heterocycles. The molecule has 0 saturated carbocycles.